The van der Waals surface area contributed by atoms with Crippen molar-refractivity contribution in [3.05, 3.63) is 0 Å². The van der Waals surface area contributed by atoms with E-state index in [2.05, 4.69) is 5.32 Å². The van der Waals surface area contributed by atoms with E-state index < -0.39 is 0 Å². The molecule has 0 radical (unpaired) electrons. The molecule has 0 bridgehead atoms. The lowest BCUT2D eigenvalue weighted by molar-refractivity contribution is 0.224. The fraction of sp³-hybridized carbons (Fsp3) is 0.833. The zero-order valence-electron chi connectivity index (χ0n) is 5.76. The Morgan fingerprint density at radius 2 is 2.22 bits per heavy atom. The van der Waals surface area contributed by atoms with Crippen LogP contribution >= 0.6 is 0 Å². The molecule has 0 aliphatic heterocycles. The third-order valence-corrected chi connectivity index (χ3v) is 1.25. The SMILES string of the molecule is CC(C)[C@@H](CO)NC#N. The van der Waals surface area contributed by atoms with Crippen LogP contribution in [-0.4, -0.2) is 17.8 Å². The predicted octanol–water partition coefficient (Wildman–Crippen LogP) is 0.0740. The molecule has 0 unspecified atom stereocenters. The fourth-order valence-electron chi connectivity index (χ4n) is 0.506. The maximum Gasteiger partial charge on any atom is 0.176 e. The van der Waals surface area contributed by atoms with Crippen LogP contribution in [0.15, 0.2) is 0 Å². The Morgan fingerprint density at radius 1 is 1.67 bits per heavy atom. The van der Waals surface area contributed by atoms with E-state index in [1.807, 2.05) is 13.8 Å². The molecule has 0 fully saturated rings. The number of nitrogens with zero attached hydrogens (tertiary/aromatic N) is 1. The Morgan fingerprint density at radius 3 is 2.33 bits per heavy atom. The molecule has 0 aliphatic carbocycles. The van der Waals surface area contributed by atoms with Crippen LogP contribution < -0.4 is 5.32 Å². The standard InChI is InChI=1S/C6H12N2O/c1-5(2)6(3-9)8-4-7/h5-6,8-9H,3H2,1-2H3/t6-/m1/s1. The number of hydrogen-bond donors (Lipinski definition) is 2. The summed E-state index contributed by atoms with van der Waals surface area (Å²) in [6.45, 7) is 3.92. The zero-order chi connectivity index (χ0) is 7.28. The maximum absolute atomic E-state index is 8.61. The van der Waals surface area contributed by atoms with Crippen molar-refractivity contribution in [1.82, 2.24) is 5.32 Å². The predicted molar refractivity (Wildman–Crippen MR) is 34.5 cm³/mol. The van der Waals surface area contributed by atoms with Crippen LogP contribution in [0.4, 0.5) is 0 Å². The Bertz CT molecular complexity index is 106. The second-order valence-electron chi connectivity index (χ2n) is 2.29. The van der Waals surface area contributed by atoms with Crippen molar-refractivity contribution in [2.24, 2.45) is 5.92 Å². The van der Waals surface area contributed by atoms with Crippen LogP contribution in [0.25, 0.3) is 0 Å². The van der Waals surface area contributed by atoms with Crippen LogP contribution in [-0.2, 0) is 0 Å². The lowest BCUT2D eigenvalue weighted by Gasteiger charge is -2.14. The van der Waals surface area contributed by atoms with Gasteiger partial charge in [0.15, 0.2) is 6.19 Å². The molecular weight excluding hydrogens is 116 g/mol. The van der Waals surface area contributed by atoms with Gasteiger partial charge in [0, 0.05) is 0 Å². The van der Waals surface area contributed by atoms with E-state index in [-0.39, 0.29) is 12.6 Å². The average molecular weight is 128 g/mol. The van der Waals surface area contributed by atoms with E-state index in [0.29, 0.717) is 5.92 Å². The molecule has 0 saturated carbocycles. The summed E-state index contributed by atoms with van der Waals surface area (Å²) < 4.78 is 0. The van der Waals surface area contributed by atoms with Gasteiger partial charge in [-0.15, -0.1) is 0 Å². The van der Waals surface area contributed by atoms with Crippen LogP contribution in [0.3, 0.4) is 0 Å². The average Bonchev–Trinajstić information content (AvgIpc) is 1.82. The smallest absolute Gasteiger partial charge is 0.176 e. The second kappa shape index (κ2) is 4.16. The largest absolute Gasteiger partial charge is 0.394 e. The van der Waals surface area contributed by atoms with Gasteiger partial charge in [-0.05, 0) is 5.92 Å². The van der Waals surface area contributed by atoms with E-state index in [4.69, 9.17) is 10.4 Å². The lowest BCUT2D eigenvalue weighted by Crippen LogP contribution is -2.33. The van der Waals surface area contributed by atoms with E-state index in [1.54, 1.807) is 6.19 Å². The maximum atomic E-state index is 8.61. The molecule has 9 heavy (non-hydrogen) atoms. The molecule has 0 aliphatic rings. The monoisotopic (exact) mass is 128 g/mol. The van der Waals surface area contributed by atoms with Gasteiger partial charge >= 0.3 is 0 Å². The summed E-state index contributed by atoms with van der Waals surface area (Å²) in [4.78, 5) is 0. The first-order valence-electron chi connectivity index (χ1n) is 2.97. The van der Waals surface area contributed by atoms with E-state index in [0.717, 1.165) is 0 Å². The van der Waals surface area contributed by atoms with Crippen molar-refractivity contribution >= 4 is 0 Å². The molecule has 52 valence electrons. The zero-order valence-corrected chi connectivity index (χ0v) is 5.76. The first kappa shape index (κ1) is 8.25. The highest BCUT2D eigenvalue weighted by molar-refractivity contribution is 4.77. The number of aliphatic hydroxyl groups excluding tert-OH is 1. The molecule has 3 nitrogen and oxygen atoms in total. The minimum absolute atomic E-state index is 0.0191. The third kappa shape index (κ3) is 2.94. The van der Waals surface area contributed by atoms with Crippen molar-refractivity contribution in [1.29, 1.82) is 5.26 Å². The number of hydrogen-bond acceptors (Lipinski definition) is 3. The summed E-state index contributed by atoms with van der Waals surface area (Å²) in [5.74, 6) is 0.301. The van der Waals surface area contributed by atoms with Gasteiger partial charge in [0.05, 0.1) is 12.6 Å². The van der Waals surface area contributed by atoms with Crippen LogP contribution in [0.2, 0.25) is 0 Å². The molecular formula is C6H12N2O. The number of nitriles is 1. The highest BCUT2D eigenvalue weighted by Gasteiger charge is 2.09. The van der Waals surface area contributed by atoms with Crippen molar-refractivity contribution in [3.8, 4) is 6.19 Å². The molecule has 0 saturated heterocycles. The Balaban J connectivity index is 3.57. The number of nitrogens with one attached hydrogen (secondary N) is 1. The topological polar surface area (TPSA) is 56.0 Å². The molecule has 0 aromatic carbocycles. The highest BCUT2D eigenvalue weighted by atomic mass is 16.3. The fourth-order valence-corrected chi connectivity index (χ4v) is 0.506. The summed E-state index contributed by atoms with van der Waals surface area (Å²) in [6, 6.07) is -0.0880. The highest BCUT2D eigenvalue weighted by Crippen LogP contribution is 1.98. The Labute approximate surface area is 55.3 Å². The second-order valence-corrected chi connectivity index (χ2v) is 2.29. The molecule has 0 aromatic rings. The van der Waals surface area contributed by atoms with Gasteiger partial charge in [0.2, 0.25) is 0 Å². The molecule has 0 aromatic heterocycles. The molecule has 0 amide bonds. The quantitative estimate of drug-likeness (QED) is 0.418. The Kier molecular flexibility index (Phi) is 3.81. The first-order valence-corrected chi connectivity index (χ1v) is 2.97. The summed E-state index contributed by atoms with van der Waals surface area (Å²) >= 11 is 0. The van der Waals surface area contributed by atoms with E-state index in [9.17, 15) is 0 Å². The minimum Gasteiger partial charge on any atom is -0.394 e. The molecule has 0 rings (SSSR count). The van der Waals surface area contributed by atoms with Gasteiger partial charge in [-0.3, -0.25) is 0 Å². The van der Waals surface area contributed by atoms with E-state index >= 15 is 0 Å². The first-order chi connectivity index (χ1) is 4.22. The van der Waals surface area contributed by atoms with Gasteiger partial charge in [0.25, 0.3) is 0 Å². The van der Waals surface area contributed by atoms with Gasteiger partial charge < -0.3 is 10.4 Å². The van der Waals surface area contributed by atoms with Crippen LogP contribution in [0, 0.1) is 17.4 Å². The molecule has 0 spiro atoms. The summed E-state index contributed by atoms with van der Waals surface area (Å²) in [7, 11) is 0. The number of aliphatic hydroxyl groups is 1. The van der Waals surface area contributed by atoms with Gasteiger partial charge in [-0.1, -0.05) is 13.8 Å². The molecule has 1 atom stereocenters. The summed E-state index contributed by atoms with van der Waals surface area (Å²) in [5, 5.41) is 19.2. The summed E-state index contributed by atoms with van der Waals surface area (Å²) in [6.07, 6.45) is 1.79. The normalized spacial score (nSPS) is 12.8. The van der Waals surface area contributed by atoms with Crippen molar-refractivity contribution in [2.75, 3.05) is 6.61 Å². The van der Waals surface area contributed by atoms with E-state index in [1.165, 1.54) is 0 Å². The third-order valence-electron chi connectivity index (χ3n) is 1.25. The molecule has 0 heterocycles. The number of rotatable bonds is 3. The lowest BCUT2D eigenvalue weighted by atomic mass is 10.1. The van der Waals surface area contributed by atoms with Crippen molar-refractivity contribution in [2.45, 2.75) is 19.9 Å². The van der Waals surface area contributed by atoms with Gasteiger partial charge in [0.1, 0.15) is 0 Å². The van der Waals surface area contributed by atoms with Crippen LogP contribution in [0.5, 0.6) is 0 Å². The summed E-state index contributed by atoms with van der Waals surface area (Å²) in [5.41, 5.74) is 0. The van der Waals surface area contributed by atoms with Crippen molar-refractivity contribution < 1.29 is 5.11 Å². The minimum atomic E-state index is -0.0880. The molecule has 3 heteroatoms. The van der Waals surface area contributed by atoms with Crippen LogP contribution in [0.1, 0.15) is 13.8 Å². The van der Waals surface area contributed by atoms with Gasteiger partial charge in [-0.25, -0.2) is 0 Å². The molecule has 2 N–H and O–H groups in total. The van der Waals surface area contributed by atoms with Crippen molar-refractivity contribution in [3.63, 3.8) is 0 Å². The Hall–Kier alpha value is -0.750. The van der Waals surface area contributed by atoms with Gasteiger partial charge in [-0.2, -0.15) is 5.26 Å².